The van der Waals surface area contributed by atoms with Crippen molar-refractivity contribution in [2.75, 3.05) is 4.90 Å². The molecule has 1 fully saturated rings. The van der Waals surface area contributed by atoms with E-state index in [9.17, 15) is 9.59 Å². The fraction of sp³-hybridized carbons (Fsp3) is 0.429. The smallest absolute Gasteiger partial charge is 0.252 e. The standard InChI is InChI=1S/C14H16ClNO2/c1-3-9-6-5-7-12(10(9)4-2)16-13(17)8-11(15)14(16)18/h5-7,11H,3-4,8H2,1-2H3. The molecule has 2 amide bonds. The Labute approximate surface area is 112 Å². The topological polar surface area (TPSA) is 37.4 Å². The third-order valence-corrected chi connectivity index (χ3v) is 3.66. The van der Waals surface area contributed by atoms with Gasteiger partial charge in [0.2, 0.25) is 5.91 Å². The fourth-order valence-corrected chi connectivity index (χ4v) is 2.65. The maximum absolute atomic E-state index is 12.0. The first-order chi connectivity index (χ1) is 8.60. The highest BCUT2D eigenvalue weighted by Gasteiger charge is 2.39. The van der Waals surface area contributed by atoms with Crippen LogP contribution in [-0.2, 0) is 22.4 Å². The van der Waals surface area contributed by atoms with E-state index in [2.05, 4.69) is 6.92 Å². The molecule has 4 heteroatoms. The van der Waals surface area contributed by atoms with Crippen molar-refractivity contribution in [2.45, 2.75) is 38.5 Å². The van der Waals surface area contributed by atoms with Gasteiger partial charge >= 0.3 is 0 Å². The zero-order chi connectivity index (χ0) is 13.3. The first-order valence-corrected chi connectivity index (χ1v) is 6.65. The minimum Gasteiger partial charge on any atom is -0.274 e. The molecule has 0 aromatic heterocycles. The molecular weight excluding hydrogens is 250 g/mol. The lowest BCUT2D eigenvalue weighted by molar-refractivity contribution is -0.121. The zero-order valence-corrected chi connectivity index (χ0v) is 11.3. The first kappa shape index (κ1) is 13.1. The molecule has 0 saturated carbocycles. The first-order valence-electron chi connectivity index (χ1n) is 6.21. The van der Waals surface area contributed by atoms with Gasteiger partial charge in [0.1, 0.15) is 5.38 Å². The SMILES string of the molecule is CCc1cccc(N2C(=O)CC(Cl)C2=O)c1CC. The number of rotatable bonds is 3. The summed E-state index contributed by atoms with van der Waals surface area (Å²) >= 11 is 5.86. The van der Waals surface area contributed by atoms with Crippen LogP contribution < -0.4 is 4.90 Å². The van der Waals surface area contributed by atoms with Crippen LogP contribution in [0.4, 0.5) is 5.69 Å². The van der Waals surface area contributed by atoms with E-state index >= 15 is 0 Å². The second-order valence-corrected chi connectivity index (χ2v) is 4.89. The Bertz CT molecular complexity index is 499. The molecule has 1 aliphatic heterocycles. The van der Waals surface area contributed by atoms with Crippen molar-refractivity contribution >= 4 is 29.1 Å². The number of nitrogens with zero attached hydrogens (tertiary/aromatic N) is 1. The summed E-state index contributed by atoms with van der Waals surface area (Å²) in [6, 6.07) is 5.74. The number of benzene rings is 1. The van der Waals surface area contributed by atoms with Gasteiger partial charge in [-0.2, -0.15) is 0 Å². The molecule has 0 aliphatic carbocycles. The Morgan fingerprint density at radius 2 is 2.00 bits per heavy atom. The summed E-state index contributed by atoms with van der Waals surface area (Å²) in [4.78, 5) is 25.1. The van der Waals surface area contributed by atoms with Crippen LogP contribution in [0.5, 0.6) is 0 Å². The van der Waals surface area contributed by atoms with Gasteiger partial charge < -0.3 is 0 Å². The van der Waals surface area contributed by atoms with Crippen molar-refractivity contribution in [3.8, 4) is 0 Å². The van der Waals surface area contributed by atoms with Gasteiger partial charge in [-0.15, -0.1) is 11.6 Å². The third kappa shape index (κ3) is 2.03. The van der Waals surface area contributed by atoms with E-state index in [1.54, 1.807) is 0 Å². The predicted molar refractivity (Wildman–Crippen MR) is 71.9 cm³/mol. The van der Waals surface area contributed by atoms with Crippen molar-refractivity contribution in [3.63, 3.8) is 0 Å². The lowest BCUT2D eigenvalue weighted by Crippen LogP contribution is -2.31. The highest BCUT2D eigenvalue weighted by molar-refractivity contribution is 6.40. The Balaban J connectivity index is 2.51. The van der Waals surface area contributed by atoms with Crippen LogP contribution in [0.1, 0.15) is 31.4 Å². The van der Waals surface area contributed by atoms with E-state index in [1.165, 1.54) is 10.5 Å². The van der Waals surface area contributed by atoms with Gasteiger partial charge in [0.05, 0.1) is 12.1 Å². The van der Waals surface area contributed by atoms with Crippen LogP contribution in [0.2, 0.25) is 0 Å². The monoisotopic (exact) mass is 265 g/mol. The Kier molecular flexibility index (Phi) is 3.71. The van der Waals surface area contributed by atoms with E-state index in [0.29, 0.717) is 5.69 Å². The molecule has 18 heavy (non-hydrogen) atoms. The van der Waals surface area contributed by atoms with Crippen molar-refractivity contribution < 1.29 is 9.59 Å². The van der Waals surface area contributed by atoms with Gasteiger partial charge in [0.25, 0.3) is 5.91 Å². The van der Waals surface area contributed by atoms with E-state index in [1.807, 2.05) is 25.1 Å². The maximum atomic E-state index is 12.0. The third-order valence-electron chi connectivity index (χ3n) is 3.32. The summed E-state index contributed by atoms with van der Waals surface area (Å²) in [5, 5.41) is -0.715. The largest absolute Gasteiger partial charge is 0.274 e. The summed E-state index contributed by atoms with van der Waals surface area (Å²) < 4.78 is 0. The lowest BCUT2D eigenvalue weighted by Gasteiger charge is -2.20. The van der Waals surface area contributed by atoms with Crippen LogP contribution in [-0.4, -0.2) is 17.2 Å². The van der Waals surface area contributed by atoms with Gasteiger partial charge in [0, 0.05) is 0 Å². The Morgan fingerprint density at radius 1 is 1.28 bits per heavy atom. The van der Waals surface area contributed by atoms with E-state index in [4.69, 9.17) is 11.6 Å². The van der Waals surface area contributed by atoms with Gasteiger partial charge in [-0.25, -0.2) is 4.90 Å². The Morgan fingerprint density at radius 3 is 2.50 bits per heavy atom. The summed E-state index contributed by atoms with van der Waals surface area (Å²) in [5.74, 6) is -0.507. The molecule has 1 aromatic rings. The van der Waals surface area contributed by atoms with Crippen molar-refractivity contribution in [1.82, 2.24) is 0 Å². The van der Waals surface area contributed by atoms with Gasteiger partial charge in [-0.3, -0.25) is 9.59 Å². The molecule has 1 unspecified atom stereocenters. The van der Waals surface area contributed by atoms with Crippen molar-refractivity contribution in [2.24, 2.45) is 0 Å². The number of aryl methyl sites for hydroxylation is 1. The molecule has 3 nitrogen and oxygen atoms in total. The number of amides is 2. The van der Waals surface area contributed by atoms with Crippen LogP contribution in [0.3, 0.4) is 0 Å². The number of hydrogen-bond donors (Lipinski definition) is 0. The van der Waals surface area contributed by atoms with E-state index in [-0.39, 0.29) is 18.2 Å². The normalized spacial score (nSPS) is 19.7. The molecule has 1 heterocycles. The molecule has 1 atom stereocenters. The molecule has 96 valence electrons. The van der Waals surface area contributed by atoms with Crippen molar-refractivity contribution in [3.05, 3.63) is 29.3 Å². The number of hydrogen-bond acceptors (Lipinski definition) is 2. The molecule has 1 saturated heterocycles. The van der Waals surface area contributed by atoms with Crippen LogP contribution in [0, 0.1) is 0 Å². The molecule has 1 aromatic carbocycles. The molecule has 0 N–H and O–H groups in total. The second kappa shape index (κ2) is 5.11. The molecule has 0 spiro atoms. The van der Waals surface area contributed by atoms with Crippen LogP contribution >= 0.6 is 11.6 Å². The average Bonchev–Trinajstić information content (AvgIpc) is 2.62. The maximum Gasteiger partial charge on any atom is 0.252 e. The summed E-state index contributed by atoms with van der Waals surface area (Å²) in [6.45, 7) is 4.09. The molecule has 2 rings (SSSR count). The highest BCUT2D eigenvalue weighted by Crippen LogP contribution is 2.31. The molecular formula is C14H16ClNO2. The lowest BCUT2D eigenvalue weighted by atomic mass is 10.0. The number of anilines is 1. The number of carbonyl (C=O) groups excluding carboxylic acids is 2. The van der Waals surface area contributed by atoms with E-state index in [0.717, 1.165) is 18.4 Å². The van der Waals surface area contributed by atoms with Crippen LogP contribution in [0.15, 0.2) is 18.2 Å². The second-order valence-electron chi connectivity index (χ2n) is 4.36. The molecule has 0 bridgehead atoms. The zero-order valence-electron chi connectivity index (χ0n) is 10.6. The van der Waals surface area contributed by atoms with Gasteiger partial charge in [0.15, 0.2) is 0 Å². The minimum atomic E-state index is -0.715. The predicted octanol–water partition coefficient (Wildman–Crippen LogP) is 2.68. The van der Waals surface area contributed by atoms with Gasteiger partial charge in [-0.05, 0) is 30.0 Å². The Hall–Kier alpha value is -1.35. The van der Waals surface area contributed by atoms with Crippen LogP contribution in [0.25, 0.3) is 0 Å². The van der Waals surface area contributed by atoms with Gasteiger partial charge in [-0.1, -0.05) is 26.0 Å². The highest BCUT2D eigenvalue weighted by atomic mass is 35.5. The minimum absolute atomic E-state index is 0.0971. The fourth-order valence-electron chi connectivity index (χ4n) is 2.42. The summed E-state index contributed by atoms with van der Waals surface area (Å²) in [6.07, 6.45) is 1.78. The number of imide groups is 1. The summed E-state index contributed by atoms with van der Waals surface area (Å²) in [7, 11) is 0. The quantitative estimate of drug-likeness (QED) is 0.622. The van der Waals surface area contributed by atoms with E-state index < -0.39 is 5.38 Å². The molecule has 1 aliphatic rings. The van der Waals surface area contributed by atoms with Crippen molar-refractivity contribution in [1.29, 1.82) is 0 Å². The number of halogens is 1. The average molecular weight is 266 g/mol. The number of carbonyl (C=O) groups is 2. The number of alkyl halides is 1. The molecule has 0 radical (unpaired) electrons. The summed E-state index contributed by atoms with van der Waals surface area (Å²) in [5.41, 5.74) is 2.94.